The Morgan fingerprint density at radius 2 is 2.08 bits per heavy atom. The fourth-order valence-corrected chi connectivity index (χ4v) is 4.17. The molecule has 1 aliphatic heterocycles. The van der Waals surface area contributed by atoms with Crippen molar-refractivity contribution in [1.82, 2.24) is 4.90 Å². The molecule has 1 aromatic carbocycles. The van der Waals surface area contributed by atoms with Gasteiger partial charge in [0, 0.05) is 15.9 Å². The molecule has 5 nitrogen and oxygen atoms in total. The lowest BCUT2D eigenvalue weighted by Gasteiger charge is -2.34. The summed E-state index contributed by atoms with van der Waals surface area (Å²) in [4.78, 5) is 28.1. The highest BCUT2D eigenvalue weighted by molar-refractivity contribution is 9.10. The predicted octanol–water partition coefficient (Wildman–Crippen LogP) is 3.43. The van der Waals surface area contributed by atoms with E-state index in [-0.39, 0.29) is 5.91 Å². The van der Waals surface area contributed by atoms with E-state index in [1.165, 1.54) is 7.11 Å². The predicted molar refractivity (Wildman–Crippen MR) is 94.5 cm³/mol. The Balaban J connectivity index is 2.01. The zero-order valence-electron chi connectivity index (χ0n) is 13.2. The van der Waals surface area contributed by atoms with Crippen molar-refractivity contribution in [2.75, 3.05) is 20.8 Å². The Morgan fingerprint density at radius 1 is 1.29 bits per heavy atom. The van der Waals surface area contributed by atoms with Gasteiger partial charge >= 0.3 is 5.97 Å². The van der Waals surface area contributed by atoms with Crippen LogP contribution in [-0.2, 0) is 16.0 Å². The first-order valence-electron chi connectivity index (χ1n) is 7.35. The normalized spacial score (nSPS) is 16.5. The van der Waals surface area contributed by atoms with Gasteiger partial charge in [0.15, 0.2) is 6.04 Å². The number of esters is 1. The number of halogens is 1. The van der Waals surface area contributed by atoms with Gasteiger partial charge in [-0.25, -0.2) is 4.79 Å². The maximum atomic E-state index is 13.1. The van der Waals surface area contributed by atoms with E-state index < -0.39 is 12.0 Å². The number of carbonyl (C=O) groups is 2. The molecule has 0 radical (unpaired) electrons. The number of benzene rings is 1. The molecule has 0 N–H and O–H groups in total. The summed E-state index contributed by atoms with van der Waals surface area (Å²) in [6, 6.07) is 6.38. The lowest BCUT2D eigenvalue weighted by molar-refractivity contribution is -0.146. The average Bonchev–Trinajstić information content (AvgIpc) is 3.08. The quantitative estimate of drug-likeness (QED) is 0.728. The molecule has 1 aliphatic rings. The van der Waals surface area contributed by atoms with Gasteiger partial charge in [-0.2, -0.15) is 0 Å². The van der Waals surface area contributed by atoms with Gasteiger partial charge in [-0.05, 0) is 57.6 Å². The molecular formula is C17H16BrNO4S. The van der Waals surface area contributed by atoms with Gasteiger partial charge in [-0.3, -0.25) is 4.79 Å². The van der Waals surface area contributed by atoms with E-state index in [9.17, 15) is 9.59 Å². The largest absolute Gasteiger partial charge is 0.497 e. The van der Waals surface area contributed by atoms with Crippen molar-refractivity contribution < 1.29 is 19.1 Å². The van der Waals surface area contributed by atoms with E-state index in [1.54, 1.807) is 41.5 Å². The lowest BCUT2D eigenvalue weighted by atomic mass is 9.98. The van der Waals surface area contributed by atoms with Crippen LogP contribution in [0.1, 0.15) is 26.8 Å². The first-order valence-corrected chi connectivity index (χ1v) is 9.02. The van der Waals surface area contributed by atoms with Gasteiger partial charge in [-0.1, -0.05) is 0 Å². The van der Waals surface area contributed by atoms with E-state index in [2.05, 4.69) is 15.9 Å². The fourth-order valence-electron chi connectivity index (χ4n) is 2.85. The van der Waals surface area contributed by atoms with Gasteiger partial charge in [0.1, 0.15) is 5.75 Å². The van der Waals surface area contributed by atoms with Gasteiger partial charge < -0.3 is 14.4 Å². The number of thiophene rings is 1. The van der Waals surface area contributed by atoms with Crippen LogP contribution in [0.25, 0.3) is 0 Å². The zero-order chi connectivity index (χ0) is 17.3. The number of amides is 1. The van der Waals surface area contributed by atoms with E-state index in [0.717, 1.165) is 16.9 Å². The van der Waals surface area contributed by atoms with Crippen LogP contribution in [-0.4, -0.2) is 37.5 Å². The van der Waals surface area contributed by atoms with Crippen LogP contribution in [0.4, 0.5) is 0 Å². The summed E-state index contributed by atoms with van der Waals surface area (Å²) in [6.45, 7) is 0.468. The molecular weight excluding hydrogens is 394 g/mol. The number of methoxy groups -OCH3 is 2. The lowest BCUT2D eigenvalue weighted by Crippen LogP contribution is -2.43. The number of carbonyl (C=O) groups excluding carboxylic acids is 2. The number of rotatable bonds is 3. The maximum Gasteiger partial charge on any atom is 0.333 e. The molecule has 0 fully saturated rings. The minimum atomic E-state index is -0.712. The second-order valence-electron chi connectivity index (χ2n) is 5.32. The monoisotopic (exact) mass is 409 g/mol. The second kappa shape index (κ2) is 6.94. The minimum absolute atomic E-state index is 0.229. The Bertz CT molecular complexity index is 789. The molecule has 1 amide bonds. The molecule has 0 saturated carbocycles. The SMILES string of the molecule is COC(=O)C1c2ccsc2CCN1C(=O)c1cc(OC)ccc1Br. The summed E-state index contributed by atoms with van der Waals surface area (Å²) < 4.78 is 10.8. The van der Waals surface area contributed by atoms with Crippen molar-refractivity contribution in [1.29, 1.82) is 0 Å². The molecule has 0 bridgehead atoms. The highest BCUT2D eigenvalue weighted by Crippen LogP contribution is 2.36. The average molecular weight is 410 g/mol. The van der Waals surface area contributed by atoms with Crippen molar-refractivity contribution in [2.45, 2.75) is 12.5 Å². The summed E-state index contributed by atoms with van der Waals surface area (Å²) in [6.07, 6.45) is 0.730. The third-order valence-electron chi connectivity index (χ3n) is 4.06. The van der Waals surface area contributed by atoms with Gasteiger partial charge in [-0.15, -0.1) is 11.3 Å². The Hall–Kier alpha value is -1.86. The van der Waals surface area contributed by atoms with Crippen molar-refractivity contribution in [3.05, 3.63) is 50.1 Å². The van der Waals surface area contributed by atoms with E-state index in [0.29, 0.717) is 22.3 Å². The highest BCUT2D eigenvalue weighted by Gasteiger charge is 2.38. The van der Waals surface area contributed by atoms with Crippen LogP contribution in [0.5, 0.6) is 5.75 Å². The molecule has 7 heteroatoms. The maximum absolute atomic E-state index is 13.1. The molecule has 2 aromatic rings. The third kappa shape index (κ3) is 2.93. The van der Waals surface area contributed by atoms with Gasteiger partial charge in [0.25, 0.3) is 5.91 Å². The van der Waals surface area contributed by atoms with Crippen LogP contribution in [0.15, 0.2) is 34.1 Å². The van der Waals surface area contributed by atoms with Crippen molar-refractivity contribution in [3.63, 3.8) is 0 Å². The summed E-state index contributed by atoms with van der Waals surface area (Å²) >= 11 is 5.01. The first kappa shape index (κ1) is 17.0. The Morgan fingerprint density at radius 3 is 2.79 bits per heavy atom. The Labute approximate surface area is 152 Å². The molecule has 0 spiro atoms. The third-order valence-corrected chi connectivity index (χ3v) is 5.74. The molecule has 3 rings (SSSR count). The number of nitrogens with zero attached hydrogens (tertiary/aromatic N) is 1. The zero-order valence-corrected chi connectivity index (χ0v) is 15.6. The van der Waals surface area contributed by atoms with Crippen molar-refractivity contribution in [2.24, 2.45) is 0 Å². The van der Waals surface area contributed by atoms with E-state index in [1.807, 2.05) is 11.4 Å². The summed E-state index contributed by atoms with van der Waals surface area (Å²) in [5.41, 5.74) is 1.31. The van der Waals surface area contributed by atoms with Crippen LogP contribution in [0, 0.1) is 0 Å². The molecule has 1 unspecified atom stereocenters. The van der Waals surface area contributed by atoms with Crippen molar-refractivity contribution >= 4 is 39.1 Å². The smallest absolute Gasteiger partial charge is 0.333 e. The number of fused-ring (bicyclic) bond motifs is 1. The number of hydrogen-bond acceptors (Lipinski definition) is 5. The molecule has 0 saturated heterocycles. The molecule has 126 valence electrons. The van der Waals surface area contributed by atoms with Crippen LogP contribution in [0.3, 0.4) is 0 Å². The first-order chi connectivity index (χ1) is 11.6. The summed E-state index contributed by atoms with van der Waals surface area (Å²) in [7, 11) is 2.89. The van der Waals surface area contributed by atoms with E-state index >= 15 is 0 Å². The van der Waals surface area contributed by atoms with Crippen molar-refractivity contribution in [3.8, 4) is 5.75 Å². The Kier molecular flexibility index (Phi) is 4.91. The molecule has 24 heavy (non-hydrogen) atoms. The number of ether oxygens (including phenoxy) is 2. The van der Waals surface area contributed by atoms with Gasteiger partial charge in [0.05, 0.1) is 19.8 Å². The standard InChI is InChI=1S/C17H16BrNO4S/c1-22-10-3-4-13(18)12(9-10)16(20)19-7-5-14-11(6-8-24-14)15(19)17(21)23-2/h3-4,6,8-9,15H,5,7H2,1-2H3. The molecule has 0 aliphatic carbocycles. The minimum Gasteiger partial charge on any atom is -0.497 e. The second-order valence-corrected chi connectivity index (χ2v) is 7.17. The van der Waals surface area contributed by atoms with Gasteiger partial charge in [0.2, 0.25) is 0 Å². The molecule has 1 aromatic heterocycles. The fraction of sp³-hybridized carbons (Fsp3) is 0.294. The van der Waals surface area contributed by atoms with Crippen LogP contribution in [0.2, 0.25) is 0 Å². The highest BCUT2D eigenvalue weighted by atomic mass is 79.9. The summed E-state index contributed by atoms with van der Waals surface area (Å²) in [5.74, 6) is -0.0702. The van der Waals surface area contributed by atoms with E-state index in [4.69, 9.17) is 9.47 Å². The molecule has 2 heterocycles. The van der Waals surface area contributed by atoms with Crippen LogP contribution >= 0.6 is 27.3 Å². The topological polar surface area (TPSA) is 55.8 Å². The summed E-state index contributed by atoms with van der Waals surface area (Å²) in [5, 5.41) is 1.94. The van der Waals surface area contributed by atoms with Crippen LogP contribution < -0.4 is 4.74 Å². The molecule has 1 atom stereocenters. The number of hydrogen-bond donors (Lipinski definition) is 0.